The third-order valence-corrected chi connectivity index (χ3v) is 7.06. The molecule has 30 heavy (non-hydrogen) atoms. The SMILES string of the molecule is O=S(=O)(c1ccccc1)c1nc(-c2cccs2)oc1NCc1ccc2c(c1)OCO2. The molecule has 2 aromatic carbocycles. The Morgan fingerprint density at radius 2 is 1.83 bits per heavy atom. The number of hydrogen-bond acceptors (Lipinski definition) is 8. The predicted octanol–water partition coefficient (Wildman–Crippen LogP) is 4.58. The zero-order valence-electron chi connectivity index (χ0n) is 15.6. The van der Waals surface area contributed by atoms with Crippen LogP contribution >= 0.6 is 11.3 Å². The van der Waals surface area contributed by atoms with E-state index in [-0.39, 0.29) is 28.5 Å². The number of sulfone groups is 1. The quantitative estimate of drug-likeness (QED) is 0.469. The molecule has 0 fully saturated rings. The average Bonchev–Trinajstić information content (AvgIpc) is 3.52. The third-order valence-electron chi connectivity index (χ3n) is 4.53. The molecule has 7 nitrogen and oxygen atoms in total. The van der Waals surface area contributed by atoms with E-state index in [1.165, 1.54) is 23.5 Å². The van der Waals surface area contributed by atoms with Gasteiger partial charge in [-0.05, 0) is 41.3 Å². The number of benzene rings is 2. The lowest BCUT2D eigenvalue weighted by Gasteiger charge is -2.07. The van der Waals surface area contributed by atoms with Gasteiger partial charge in [-0.3, -0.25) is 0 Å². The highest BCUT2D eigenvalue weighted by Gasteiger charge is 2.28. The highest BCUT2D eigenvalue weighted by atomic mass is 32.2. The fourth-order valence-corrected chi connectivity index (χ4v) is 5.00. The summed E-state index contributed by atoms with van der Waals surface area (Å²) in [6, 6.07) is 17.4. The van der Waals surface area contributed by atoms with Gasteiger partial charge in [0.1, 0.15) is 0 Å². The monoisotopic (exact) mass is 440 g/mol. The molecule has 0 amide bonds. The molecule has 0 unspecified atom stereocenters. The Morgan fingerprint density at radius 1 is 1.00 bits per heavy atom. The summed E-state index contributed by atoms with van der Waals surface area (Å²) in [4.78, 5) is 5.22. The number of thiophene rings is 1. The first-order valence-corrected chi connectivity index (χ1v) is 11.4. The second kappa shape index (κ2) is 7.51. The Labute approximate surface area is 176 Å². The fourth-order valence-electron chi connectivity index (χ4n) is 3.05. The molecule has 0 aliphatic carbocycles. The van der Waals surface area contributed by atoms with Gasteiger partial charge in [0.25, 0.3) is 0 Å². The Bertz CT molecular complexity index is 1280. The molecule has 4 aromatic rings. The molecule has 152 valence electrons. The van der Waals surface area contributed by atoms with E-state index < -0.39 is 9.84 Å². The fraction of sp³-hybridized carbons (Fsp3) is 0.0952. The van der Waals surface area contributed by atoms with E-state index in [1.54, 1.807) is 18.2 Å². The number of fused-ring (bicyclic) bond motifs is 1. The average molecular weight is 441 g/mol. The first kappa shape index (κ1) is 18.7. The number of anilines is 1. The van der Waals surface area contributed by atoms with Crippen molar-refractivity contribution >= 4 is 27.1 Å². The number of nitrogens with one attached hydrogen (secondary N) is 1. The molecule has 3 heterocycles. The van der Waals surface area contributed by atoms with E-state index in [9.17, 15) is 8.42 Å². The van der Waals surface area contributed by atoms with Crippen LogP contribution in [-0.2, 0) is 16.4 Å². The lowest BCUT2D eigenvalue weighted by Crippen LogP contribution is -2.07. The molecule has 9 heteroatoms. The number of oxazole rings is 1. The molecular formula is C21H16N2O5S2. The molecule has 1 N–H and O–H groups in total. The summed E-state index contributed by atoms with van der Waals surface area (Å²) in [7, 11) is -3.86. The van der Waals surface area contributed by atoms with Crippen molar-refractivity contribution in [3.05, 3.63) is 71.6 Å². The van der Waals surface area contributed by atoms with E-state index in [2.05, 4.69) is 10.3 Å². The molecule has 1 aliphatic heterocycles. The number of aromatic nitrogens is 1. The normalized spacial score (nSPS) is 12.8. The van der Waals surface area contributed by atoms with Crippen LogP contribution in [0, 0.1) is 0 Å². The number of hydrogen-bond donors (Lipinski definition) is 1. The summed E-state index contributed by atoms with van der Waals surface area (Å²) in [5.41, 5.74) is 0.886. The Kier molecular flexibility index (Phi) is 4.68. The Balaban J connectivity index is 1.50. The molecule has 0 saturated heterocycles. The van der Waals surface area contributed by atoms with Crippen molar-refractivity contribution in [2.45, 2.75) is 16.5 Å². The molecule has 0 radical (unpaired) electrons. The summed E-state index contributed by atoms with van der Waals surface area (Å²) >= 11 is 1.42. The second-order valence-electron chi connectivity index (χ2n) is 6.49. The molecule has 0 saturated carbocycles. The molecule has 0 bridgehead atoms. The van der Waals surface area contributed by atoms with Crippen LogP contribution in [0.3, 0.4) is 0 Å². The standard InChI is InChI=1S/C21H16N2O5S2/c24-30(25,15-5-2-1-3-6-15)21-20(28-19(23-21)18-7-4-10-29-18)22-12-14-8-9-16-17(11-14)27-13-26-16/h1-11,22H,12-13H2. The van der Waals surface area contributed by atoms with Crippen LogP contribution in [0.15, 0.2) is 80.4 Å². The van der Waals surface area contributed by atoms with Gasteiger partial charge in [-0.15, -0.1) is 11.3 Å². The maximum Gasteiger partial charge on any atom is 0.240 e. The lowest BCUT2D eigenvalue weighted by atomic mass is 10.2. The van der Waals surface area contributed by atoms with Crippen LogP contribution in [0.2, 0.25) is 0 Å². The largest absolute Gasteiger partial charge is 0.454 e. The second-order valence-corrected chi connectivity index (χ2v) is 9.30. The zero-order chi connectivity index (χ0) is 20.6. The van der Waals surface area contributed by atoms with Crippen LogP contribution in [0.1, 0.15) is 5.56 Å². The zero-order valence-corrected chi connectivity index (χ0v) is 17.2. The van der Waals surface area contributed by atoms with Crippen molar-refractivity contribution in [3.63, 3.8) is 0 Å². The number of nitrogens with zero attached hydrogens (tertiary/aromatic N) is 1. The lowest BCUT2D eigenvalue weighted by molar-refractivity contribution is 0.174. The molecule has 2 aromatic heterocycles. The van der Waals surface area contributed by atoms with Gasteiger partial charge in [-0.1, -0.05) is 30.3 Å². The van der Waals surface area contributed by atoms with Crippen LogP contribution in [-0.4, -0.2) is 20.2 Å². The van der Waals surface area contributed by atoms with Gasteiger partial charge in [0.15, 0.2) is 11.5 Å². The van der Waals surface area contributed by atoms with Gasteiger partial charge in [0.2, 0.25) is 33.4 Å². The van der Waals surface area contributed by atoms with Gasteiger partial charge in [0.05, 0.1) is 9.77 Å². The number of rotatable bonds is 6. The van der Waals surface area contributed by atoms with Crippen molar-refractivity contribution in [1.82, 2.24) is 4.98 Å². The van der Waals surface area contributed by atoms with Crippen molar-refractivity contribution in [2.24, 2.45) is 0 Å². The van der Waals surface area contributed by atoms with Gasteiger partial charge in [-0.25, -0.2) is 8.42 Å². The van der Waals surface area contributed by atoms with Gasteiger partial charge < -0.3 is 19.2 Å². The minimum Gasteiger partial charge on any atom is -0.454 e. The smallest absolute Gasteiger partial charge is 0.240 e. The Morgan fingerprint density at radius 3 is 2.63 bits per heavy atom. The first-order valence-electron chi connectivity index (χ1n) is 9.08. The third kappa shape index (κ3) is 3.42. The van der Waals surface area contributed by atoms with Crippen LogP contribution < -0.4 is 14.8 Å². The number of ether oxygens (including phenoxy) is 2. The first-order chi connectivity index (χ1) is 14.6. The molecule has 0 atom stereocenters. The highest BCUT2D eigenvalue weighted by Crippen LogP contribution is 2.35. The minimum absolute atomic E-state index is 0.0971. The summed E-state index contributed by atoms with van der Waals surface area (Å²) in [6.07, 6.45) is 0. The van der Waals surface area contributed by atoms with E-state index in [1.807, 2.05) is 35.7 Å². The summed E-state index contributed by atoms with van der Waals surface area (Å²) < 4.78 is 43.0. The van der Waals surface area contributed by atoms with Crippen LogP contribution in [0.25, 0.3) is 10.8 Å². The van der Waals surface area contributed by atoms with Gasteiger partial charge in [0, 0.05) is 6.54 Å². The molecule has 1 aliphatic rings. The highest BCUT2D eigenvalue weighted by molar-refractivity contribution is 7.91. The van der Waals surface area contributed by atoms with Crippen molar-refractivity contribution in [1.29, 1.82) is 0 Å². The topological polar surface area (TPSA) is 90.7 Å². The molecule has 5 rings (SSSR count). The van der Waals surface area contributed by atoms with Crippen LogP contribution in [0.4, 0.5) is 5.88 Å². The van der Waals surface area contributed by atoms with Crippen molar-refractivity contribution < 1.29 is 22.3 Å². The molecule has 0 spiro atoms. The maximum absolute atomic E-state index is 13.2. The Hall–Kier alpha value is -3.30. The van der Waals surface area contributed by atoms with E-state index in [4.69, 9.17) is 13.9 Å². The van der Waals surface area contributed by atoms with Crippen LogP contribution in [0.5, 0.6) is 11.5 Å². The van der Waals surface area contributed by atoms with Gasteiger partial charge >= 0.3 is 0 Å². The van der Waals surface area contributed by atoms with E-state index >= 15 is 0 Å². The summed E-state index contributed by atoms with van der Waals surface area (Å²) in [5.74, 6) is 1.70. The summed E-state index contributed by atoms with van der Waals surface area (Å²) in [5, 5.41) is 4.82. The minimum atomic E-state index is -3.86. The van der Waals surface area contributed by atoms with Gasteiger partial charge in [-0.2, -0.15) is 4.98 Å². The summed E-state index contributed by atoms with van der Waals surface area (Å²) in [6.45, 7) is 0.519. The maximum atomic E-state index is 13.2. The predicted molar refractivity (Wildman–Crippen MR) is 112 cm³/mol. The van der Waals surface area contributed by atoms with E-state index in [0.29, 0.717) is 18.0 Å². The molecular weight excluding hydrogens is 424 g/mol. The van der Waals surface area contributed by atoms with Crippen molar-refractivity contribution in [2.75, 3.05) is 12.1 Å². The van der Waals surface area contributed by atoms with Crippen molar-refractivity contribution in [3.8, 4) is 22.3 Å². The van der Waals surface area contributed by atoms with E-state index in [0.717, 1.165) is 10.4 Å².